The molecule has 9 heteroatoms. The van der Waals surface area contributed by atoms with E-state index in [9.17, 15) is 18.0 Å². The Labute approximate surface area is 153 Å². The summed E-state index contributed by atoms with van der Waals surface area (Å²) in [7, 11) is -1.16. The number of carbonyl (C=O) groups is 2. The number of methoxy groups -OCH3 is 1. The van der Waals surface area contributed by atoms with Crippen molar-refractivity contribution >= 4 is 21.9 Å². The third-order valence-corrected chi connectivity index (χ3v) is 6.18. The molecule has 0 heterocycles. The van der Waals surface area contributed by atoms with Gasteiger partial charge in [-0.25, -0.2) is 17.9 Å². The maximum absolute atomic E-state index is 12.7. The molecule has 0 saturated heterocycles. The van der Waals surface area contributed by atoms with Gasteiger partial charge in [0, 0.05) is 18.7 Å². The number of sulfonamides is 1. The lowest BCUT2D eigenvalue weighted by molar-refractivity contribution is -0.141. The van der Waals surface area contributed by atoms with Gasteiger partial charge in [-0.05, 0) is 38.0 Å². The molecule has 1 aromatic carbocycles. The second-order valence-electron chi connectivity index (χ2n) is 6.40. The number of hydrogen-bond donors (Lipinski definition) is 2. The number of carboxylic acids is 1. The summed E-state index contributed by atoms with van der Waals surface area (Å²) in [6, 6.07) is 2.88. The highest BCUT2D eigenvalue weighted by Gasteiger charge is 2.28. The third-order valence-electron chi connectivity index (χ3n) is 4.64. The van der Waals surface area contributed by atoms with Gasteiger partial charge in [-0.15, -0.1) is 0 Å². The molecule has 26 heavy (non-hydrogen) atoms. The number of ether oxygens (including phenoxy) is 1. The molecule has 0 spiro atoms. The molecule has 1 unspecified atom stereocenters. The van der Waals surface area contributed by atoms with Gasteiger partial charge in [-0.3, -0.25) is 4.79 Å². The summed E-state index contributed by atoms with van der Waals surface area (Å²) in [5.74, 6) is -1.61. The maximum Gasteiger partial charge on any atom is 0.326 e. The monoisotopic (exact) mass is 384 g/mol. The molecule has 2 N–H and O–H groups in total. The van der Waals surface area contributed by atoms with Gasteiger partial charge >= 0.3 is 5.97 Å². The van der Waals surface area contributed by atoms with Crippen molar-refractivity contribution in [3.8, 4) is 5.75 Å². The van der Waals surface area contributed by atoms with Crippen LogP contribution >= 0.6 is 0 Å². The van der Waals surface area contributed by atoms with E-state index in [-0.39, 0.29) is 22.3 Å². The van der Waals surface area contributed by atoms with Crippen LogP contribution in [0.2, 0.25) is 0 Å². The maximum atomic E-state index is 12.7. The Kier molecular flexibility index (Phi) is 6.25. The van der Waals surface area contributed by atoms with Gasteiger partial charge < -0.3 is 14.7 Å². The first kappa shape index (κ1) is 20.2. The van der Waals surface area contributed by atoms with Crippen LogP contribution in [-0.2, 0) is 14.8 Å². The Morgan fingerprint density at radius 3 is 2.46 bits per heavy atom. The third kappa shape index (κ3) is 4.34. The Morgan fingerprint density at radius 2 is 1.92 bits per heavy atom. The lowest BCUT2D eigenvalue weighted by atomic mass is 10.1. The number of hydrogen-bond acceptors (Lipinski definition) is 5. The molecule has 0 aromatic heterocycles. The van der Waals surface area contributed by atoms with Crippen molar-refractivity contribution in [1.82, 2.24) is 9.62 Å². The molecule has 1 amide bonds. The van der Waals surface area contributed by atoms with E-state index >= 15 is 0 Å². The van der Waals surface area contributed by atoms with Crippen molar-refractivity contribution in [2.75, 3.05) is 14.2 Å². The highest BCUT2D eigenvalue weighted by molar-refractivity contribution is 7.89. The van der Waals surface area contributed by atoms with Crippen molar-refractivity contribution < 1.29 is 27.9 Å². The van der Waals surface area contributed by atoms with Crippen LogP contribution in [0.15, 0.2) is 23.1 Å². The van der Waals surface area contributed by atoms with E-state index in [1.165, 1.54) is 39.3 Å². The van der Waals surface area contributed by atoms with Gasteiger partial charge in [0.25, 0.3) is 5.91 Å². The molecule has 1 aliphatic carbocycles. The SMILES string of the molecule is COc1ccc(C(=O)N(C)C(C)C(=O)O)cc1S(=O)(=O)NC1CCCC1. The van der Waals surface area contributed by atoms with Crippen LogP contribution in [-0.4, -0.2) is 56.5 Å². The first-order valence-corrected chi connectivity index (χ1v) is 9.86. The second-order valence-corrected chi connectivity index (χ2v) is 8.08. The zero-order valence-electron chi connectivity index (χ0n) is 15.1. The fourth-order valence-corrected chi connectivity index (χ4v) is 4.39. The molecule has 1 aliphatic rings. The van der Waals surface area contributed by atoms with E-state index < -0.39 is 27.9 Å². The minimum Gasteiger partial charge on any atom is -0.495 e. The molecule has 1 saturated carbocycles. The molecular formula is C17H24N2O6S. The number of rotatable bonds is 7. The highest BCUT2D eigenvalue weighted by Crippen LogP contribution is 2.27. The first-order chi connectivity index (χ1) is 12.2. The fourth-order valence-electron chi connectivity index (χ4n) is 2.89. The van der Waals surface area contributed by atoms with Crippen LogP contribution in [0.4, 0.5) is 0 Å². The Bertz CT molecular complexity index is 786. The normalized spacial score (nSPS) is 16.3. The zero-order chi connectivity index (χ0) is 19.5. The molecule has 0 aliphatic heterocycles. The number of nitrogens with one attached hydrogen (secondary N) is 1. The molecular weight excluding hydrogens is 360 g/mol. The largest absolute Gasteiger partial charge is 0.495 e. The molecule has 1 atom stereocenters. The van der Waals surface area contributed by atoms with E-state index in [0.717, 1.165) is 30.6 Å². The van der Waals surface area contributed by atoms with Gasteiger partial charge in [-0.1, -0.05) is 12.8 Å². The van der Waals surface area contributed by atoms with Gasteiger partial charge in [-0.2, -0.15) is 0 Å². The van der Waals surface area contributed by atoms with Crippen molar-refractivity contribution in [2.24, 2.45) is 0 Å². The molecule has 144 valence electrons. The standard InChI is InChI=1S/C17H24N2O6S/c1-11(17(21)22)19(2)16(20)12-8-9-14(25-3)15(10-12)26(23,24)18-13-6-4-5-7-13/h8-11,13,18H,4-7H2,1-3H3,(H,21,22). The van der Waals surface area contributed by atoms with Gasteiger partial charge in [0.15, 0.2) is 0 Å². The molecule has 1 fully saturated rings. The number of amides is 1. The predicted molar refractivity (Wildman–Crippen MR) is 94.8 cm³/mol. The van der Waals surface area contributed by atoms with Crippen molar-refractivity contribution in [1.29, 1.82) is 0 Å². The van der Waals surface area contributed by atoms with Crippen LogP contribution < -0.4 is 9.46 Å². The Balaban J connectivity index is 2.35. The van der Waals surface area contributed by atoms with Crippen LogP contribution in [0.25, 0.3) is 0 Å². The number of carbonyl (C=O) groups excluding carboxylic acids is 1. The molecule has 8 nitrogen and oxygen atoms in total. The predicted octanol–water partition coefficient (Wildman–Crippen LogP) is 1.46. The van der Waals surface area contributed by atoms with E-state index in [1.54, 1.807) is 0 Å². The van der Waals surface area contributed by atoms with Gasteiger partial charge in [0.1, 0.15) is 16.7 Å². The minimum atomic E-state index is -3.87. The first-order valence-electron chi connectivity index (χ1n) is 8.37. The average molecular weight is 384 g/mol. The summed E-state index contributed by atoms with van der Waals surface area (Å²) in [4.78, 5) is 24.5. The topological polar surface area (TPSA) is 113 Å². The van der Waals surface area contributed by atoms with Gasteiger partial charge in [0.2, 0.25) is 10.0 Å². The van der Waals surface area contributed by atoms with Crippen LogP contribution in [0.3, 0.4) is 0 Å². The summed E-state index contributed by atoms with van der Waals surface area (Å²) < 4.78 is 33.3. The smallest absolute Gasteiger partial charge is 0.326 e. The number of aliphatic carboxylic acids is 1. The summed E-state index contributed by atoms with van der Waals surface area (Å²) >= 11 is 0. The number of likely N-dealkylation sites (N-methyl/N-ethyl adjacent to an activating group) is 1. The zero-order valence-corrected chi connectivity index (χ0v) is 15.9. The van der Waals surface area contributed by atoms with Crippen molar-refractivity contribution in [3.63, 3.8) is 0 Å². The van der Waals surface area contributed by atoms with Gasteiger partial charge in [0.05, 0.1) is 7.11 Å². The Morgan fingerprint density at radius 1 is 1.31 bits per heavy atom. The average Bonchev–Trinajstić information content (AvgIpc) is 3.11. The summed E-state index contributed by atoms with van der Waals surface area (Å²) in [5.41, 5.74) is 0.0770. The fraction of sp³-hybridized carbons (Fsp3) is 0.529. The van der Waals surface area contributed by atoms with Crippen LogP contribution in [0, 0.1) is 0 Å². The van der Waals surface area contributed by atoms with E-state index in [0.29, 0.717) is 0 Å². The number of nitrogens with zero attached hydrogens (tertiary/aromatic N) is 1. The minimum absolute atomic E-state index is 0.0770. The number of carboxylic acid groups (broad SMARTS) is 1. The molecule has 1 aromatic rings. The van der Waals surface area contributed by atoms with E-state index in [1.807, 2.05) is 0 Å². The van der Waals surface area contributed by atoms with Crippen LogP contribution in [0.5, 0.6) is 5.75 Å². The van der Waals surface area contributed by atoms with Crippen molar-refractivity contribution in [2.45, 2.75) is 49.6 Å². The van der Waals surface area contributed by atoms with E-state index in [4.69, 9.17) is 9.84 Å². The summed E-state index contributed by atoms with van der Waals surface area (Å²) in [6.45, 7) is 1.38. The quantitative estimate of drug-likeness (QED) is 0.736. The highest BCUT2D eigenvalue weighted by atomic mass is 32.2. The van der Waals surface area contributed by atoms with E-state index in [2.05, 4.69) is 4.72 Å². The molecule has 0 radical (unpaired) electrons. The second kappa shape index (κ2) is 8.05. The van der Waals surface area contributed by atoms with Crippen molar-refractivity contribution in [3.05, 3.63) is 23.8 Å². The Hall–Kier alpha value is -2.13. The molecule has 0 bridgehead atoms. The molecule has 2 rings (SSSR count). The lowest BCUT2D eigenvalue weighted by Gasteiger charge is -2.22. The summed E-state index contributed by atoms with van der Waals surface area (Å²) in [5, 5.41) is 9.05. The summed E-state index contributed by atoms with van der Waals surface area (Å²) in [6.07, 6.45) is 3.50. The van der Waals surface area contributed by atoms with Crippen LogP contribution in [0.1, 0.15) is 43.0 Å². The lowest BCUT2D eigenvalue weighted by Crippen LogP contribution is -2.40. The number of benzene rings is 1.